The highest BCUT2D eigenvalue weighted by atomic mass is 16.6. The van der Waals surface area contributed by atoms with Crippen molar-refractivity contribution in [2.24, 2.45) is 11.8 Å². The van der Waals surface area contributed by atoms with Crippen LogP contribution in [0.4, 0.5) is 4.79 Å². The van der Waals surface area contributed by atoms with Crippen molar-refractivity contribution in [2.45, 2.75) is 57.7 Å². The second-order valence-corrected chi connectivity index (χ2v) is 11.4. The van der Waals surface area contributed by atoms with Crippen LogP contribution in [0.1, 0.15) is 60.9 Å². The lowest BCUT2D eigenvalue weighted by Gasteiger charge is -2.34. The second kappa shape index (κ2) is 16.4. The number of rotatable bonds is 11. The van der Waals surface area contributed by atoms with E-state index in [4.69, 9.17) is 9.47 Å². The zero-order valence-electron chi connectivity index (χ0n) is 25.2. The van der Waals surface area contributed by atoms with Gasteiger partial charge < -0.3 is 29.9 Å². The number of ether oxygens (including phenoxy) is 2. The molecule has 11 nitrogen and oxygen atoms in total. The van der Waals surface area contributed by atoms with Crippen LogP contribution in [-0.2, 0) is 30.5 Å². The molecule has 2 atom stereocenters. The molecule has 236 valence electrons. The summed E-state index contributed by atoms with van der Waals surface area (Å²) in [6.45, 7) is 2.33. The fourth-order valence-electron chi connectivity index (χ4n) is 5.63. The van der Waals surface area contributed by atoms with E-state index in [0.717, 1.165) is 24.8 Å². The van der Waals surface area contributed by atoms with Crippen LogP contribution in [0.15, 0.2) is 60.7 Å². The normalized spacial score (nSPS) is 17.7. The number of likely N-dealkylation sites (tertiary alicyclic amines) is 2. The molecule has 2 N–H and O–H groups in total. The maximum absolute atomic E-state index is 13.2. The Morgan fingerprint density at radius 1 is 0.864 bits per heavy atom. The third-order valence-electron chi connectivity index (χ3n) is 8.25. The number of carbonyl (C=O) groups excluding carboxylic acids is 5. The van der Waals surface area contributed by atoms with Gasteiger partial charge in [0.2, 0.25) is 11.8 Å². The van der Waals surface area contributed by atoms with Gasteiger partial charge in [-0.2, -0.15) is 0 Å². The Labute approximate surface area is 258 Å². The van der Waals surface area contributed by atoms with Crippen LogP contribution in [0.5, 0.6) is 0 Å². The van der Waals surface area contributed by atoms with E-state index in [1.165, 1.54) is 7.11 Å². The summed E-state index contributed by atoms with van der Waals surface area (Å²) in [5, 5.41) is 5.47. The average molecular weight is 607 g/mol. The Hall–Kier alpha value is -4.41. The number of nitrogens with zero attached hydrogens (tertiary/aromatic N) is 2. The molecule has 0 bridgehead atoms. The fourth-order valence-corrected chi connectivity index (χ4v) is 5.63. The van der Waals surface area contributed by atoms with Gasteiger partial charge in [0.1, 0.15) is 12.8 Å². The van der Waals surface area contributed by atoms with Crippen LogP contribution in [0, 0.1) is 11.8 Å². The molecule has 44 heavy (non-hydrogen) atoms. The van der Waals surface area contributed by atoms with Crippen molar-refractivity contribution in [1.82, 2.24) is 20.4 Å². The number of nitrogens with one attached hydrogen (secondary N) is 2. The second-order valence-electron chi connectivity index (χ2n) is 11.4. The van der Waals surface area contributed by atoms with E-state index >= 15 is 0 Å². The molecule has 0 saturated carbocycles. The molecule has 2 aliphatic heterocycles. The van der Waals surface area contributed by atoms with Crippen molar-refractivity contribution in [3.8, 4) is 0 Å². The number of piperidine rings is 2. The Bertz CT molecular complexity index is 1270. The molecule has 0 radical (unpaired) electrons. The molecular weight excluding hydrogens is 564 g/mol. The van der Waals surface area contributed by atoms with E-state index in [2.05, 4.69) is 10.6 Å². The molecule has 2 fully saturated rings. The monoisotopic (exact) mass is 606 g/mol. The zero-order chi connectivity index (χ0) is 31.3. The van der Waals surface area contributed by atoms with Gasteiger partial charge in [0, 0.05) is 38.2 Å². The number of hydrogen-bond acceptors (Lipinski definition) is 7. The fraction of sp³-hybridized carbons (Fsp3) is 0.485. The Morgan fingerprint density at radius 2 is 1.55 bits per heavy atom. The summed E-state index contributed by atoms with van der Waals surface area (Å²) in [4.78, 5) is 66.9. The minimum Gasteiger partial charge on any atom is -0.469 e. The van der Waals surface area contributed by atoms with Crippen molar-refractivity contribution in [2.75, 3.05) is 33.3 Å². The molecule has 0 spiro atoms. The predicted octanol–water partition coefficient (Wildman–Crippen LogP) is 3.49. The Morgan fingerprint density at radius 3 is 2.23 bits per heavy atom. The van der Waals surface area contributed by atoms with Crippen LogP contribution in [0.2, 0.25) is 0 Å². The maximum Gasteiger partial charge on any atom is 0.410 e. The zero-order valence-corrected chi connectivity index (χ0v) is 25.2. The molecule has 11 heteroatoms. The molecule has 0 unspecified atom stereocenters. The molecule has 4 rings (SSSR count). The number of methoxy groups -OCH3 is 1. The first-order chi connectivity index (χ1) is 21.3. The number of esters is 1. The molecule has 2 aromatic rings. The standard InChI is InChI=1S/C33H42N4O7/c1-43-30(39)21-28(34-31(40)26-11-6-3-7-12-26)35-32(41)27-13-8-18-37(22-27)29(38)15-14-24-16-19-36(20-17-24)33(42)44-23-25-9-4-2-5-10-25/h2-7,9-12,24,27-28H,8,13-23H2,1H3,(H,34,40)(H,35,41)/t27-,28+/m1/s1. The van der Waals surface area contributed by atoms with Crippen molar-refractivity contribution in [1.29, 1.82) is 0 Å². The quantitative estimate of drug-likeness (QED) is 0.295. The molecule has 0 aromatic heterocycles. The molecule has 2 heterocycles. The maximum atomic E-state index is 13.2. The minimum atomic E-state index is -0.949. The molecule has 0 aliphatic carbocycles. The van der Waals surface area contributed by atoms with E-state index in [9.17, 15) is 24.0 Å². The highest BCUT2D eigenvalue weighted by Crippen LogP contribution is 2.24. The van der Waals surface area contributed by atoms with Gasteiger partial charge >= 0.3 is 12.1 Å². The van der Waals surface area contributed by atoms with Crippen molar-refractivity contribution in [3.63, 3.8) is 0 Å². The van der Waals surface area contributed by atoms with Gasteiger partial charge in [-0.25, -0.2) is 4.79 Å². The molecule has 2 aromatic carbocycles. The number of amides is 4. The summed E-state index contributed by atoms with van der Waals surface area (Å²) in [5.74, 6) is -1.42. The van der Waals surface area contributed by atoms with Gasteiger partial charge in [-0.3, -0.25) is 19.2 Å². The Kier molecular flexibility index (Phi) is 12.1. The van der Waals surface area contributed by atoms with Crippen LogP contribution in [0.25, 0.3) is 0 Å². The van der Waals surface area contributed by atoms with E-state index in [1.54, 1.807) is 40.1 Å². The smallest absolute Gasteiger partial charge is 0.410 e. The van der Waals surface area contributed by atoms with Crippen molar-refractivity contribution < 1.29 is 33.4 Å². The lowest BCUT2D eigenvalue weighted by molar-refractivity contribution is -0.141. The highest BCUT2D eigenvalue weighted by Gasteiger charge is 2.31. The number of carbonyl (C=O) groups is 5. The summed E-state index contributed by atoms with van der Waals surface area (Å²) >= 11 is 0. The topological polar surface area (TPSA) is 134 Å². The summed E-state index contributed by atoms with van der Waals surface area (Å²) < 4.78 is 10.2. The Balaban J connectivity index is 1.20. The highest BCUT2D eigenvalue weighted by molar-refractivity contribution is 5.95. The average Bonchev–Trinajstić information content (AvgIpc) is 3.07. The van der Waals surface area contributed by atoms with Gasteiger partial charge in [-0.05, 0) is 55.7 Å². The van der Waals surface area contributed by atoms with Gasteiger partial charge in [0.25, 0.3) is 5.91 Å². The first-order valence-electron chi connectivity index (χ1n) is 15.3. The third-order valence-corrected chi connectivity index (χ3v) is 8.25. The van der Waals surface area contributed by atoms with Crippen LogP contribution in [-0.4, -0.2) is 79.0 Å². The van der Waals surface area contributed by atoms with Crippen LogP contribution >= 0.6 is 0 Å². The minimum absolute atomic E-state index is 0.00990. The van der Waals surface area contributed by atoms with Crippen LogP contribution < -0.4 is 10.6 Å². The van der Waals surface area contributed by atoms with Gasteiger partial charge in [-0.1, -0.05) is 48.5 Å². The van der Waals surface area contributed by atoms with E-state index < -0.39 is 24.0 Å². The SMILES string of the molecule is COC(=O)C[C@@H](NC(=O)c1ccccc1)NC(=O)[C@@H]1CCCN(C(=O)CCC2CCN(C(=O)OCc3ccccc3)CC2)C1. The first-order valence-corrected chi connectivity index (χ1v) is 15.3. The molecule has 2 aliphatic rings. The summed E-state index contributed by atoms with van der Waals surface area (Å²) in [7, 11) is 1.25. The predicted molar refractivity (Wildman–Crippen MR) is 162 cm³/mol. The molecular formula is C33H42N4O7. The number of hydrogen-bond donors (Lipinski definition) is 2. The largest absolute Gasteiger partial charge is 0.469 e. The van der Waals surface area contributed by atoms with E-state index in [0.29, 0.717) is 50.4 Å². The number of benzene rings is 2. The van der Waals surface area contributed by atoms with Crippen molar-refractivity contribution >= 4 is 29.8 Å². The molecule has 4 amide bonds. The summed E-state index contributed by atoms with van der Waals surface area (Å²) in [5.41, 5.74) is 1.35. The van der Waals surface area contributed by atoms with Crippen LogP contribution in [0.3, 0.4) is 0 Å². The molecule has 2 saturated heterocycles. The van der Waals surface area contributed by atoms with Gasteiger partial charge in [-0.15, -0.1) is 0 Å². The van der Waals surface area contributed by atoms with Gasteiger partial charge in [0.15, 0.2) is 0 Å². The summed E-state index contributed by atoms with van der Waals surface area (Å²) in [6, 6.07) is 18.1. The first kappa shape index (κ1) is 32.5. The lowest BCUT2D eigenvalue weighted by Crippen LogP contribution is -2.53. The van der Waals surface area contributed by atoms with Crippen molar-refractivity contribution in [3.05, 3.63) is 71.8 Å². The van der Waals surface area contributed by atoms with Gasteiger partial charge in [0.05, 0.1) is 19.4 Å². The van der Waals surface area contributed by atoms with E-state index in [1.807, 2.05) is 30.3 Å². The third kappa shape index (κ3) is 9.82. The van der Waals surface area contributed by atoms with E-state index in [-0.39, 0.29) is 37.5 Å². The lowest BCUT2D eigenvalue weighted by atomic mass is 9.91. The summed E-state index contributed by atoms with van der Waals surface area (Å²) in [6.07, 6.45) is 2.55.